The lowest BCUT2D eigenvalue weighted by atomic mass is 9.89. The molecule has 3 N–H and O–H groups in total. The summed E-state index contributed by atoms with van der Waals surface area (Å²) in [6.45, 7) is 20.1. The van der Waals surface area contributed by atoms with E-state index in [-0.39, 0.29) is 18.4 Å². The number of rotatable bonds is 36. The van der Waals surface area contributed by atoms with Crippen LogP contribution in [0.3, 0.4) is 0 Å². The first-order valence-corrected chi connectivity index (χ1v) is 23.8. The van der Waals surface area contributed by atoms with Crippen LogP contribution in [0.4, 0.5) is 17.3 Å². The van der Waals surface area contributed by atoms with E-state index < -0.39 is 0 Å². The van der Waals surface area contributed by atoms with Gasteiger partial charge in [0, 0.05) is 20.7 Å². The van der Waals surface area contributed by atoms with Gasteiger partial charge >= 0.3 is 6.01 Å². The maximum absolute atomic E-state index is 12.2. The van der Waals surface area contributed by atoms with Crippen LogP contribution in [0.25, 0.3) is 0 Å². The van der Waals surface area contributed by atoms with Gasteiger partial charge in [-0.2, -0.15) is 9.97 Å². The minimum absolute atomic E-state index is 0.105. The Morgan fingerprint density at radius 2 is 1.08 bits per heavy atom. The van der Waals surface area contributed by atoms with Crippen LogP contribution in [-0.4, -0.2) is 62.2 Å². The first-order valence-electron chi connectivity index (χ1n) is 23.8. The third-order valence-electron chi connectivity index (χ3n) is 12.4. The van der Waals surface area contributed by atoms with Gasteiger partial charge in [0.1, 0.15) is 12.3 Å². The van der Waals surface area contributed by atoms with Crippen LogP contribution < -0.4 is 20.7 Å². The lowest BCUT2D eigenvalue weighted by molar-refractivity contribution is -0.107. The van der Waals surface area contributed by atoms with E-state index in [0.29, 0.717) is 24.7 Å². The van der Waals surface area contributed by atoms with Gasteiger partial charge in [0.25, 0.3) is 0 Å². The number of amides is 1. The lowest BCUT2D eigenvalue weighted by Gasteiger charge is -2.21. The van der Waals surface area contributed by atoms with Gasteiger partial charge < -0.3 is 25.4 Å². The molecule has 5 atom stereocenters. The molecule has 0 radical (unpaired) electrons. The van der Waals surface area contributed by atoms with Crippen molar-refractivity contribution in [1.29, 1.82) is 0 Å². The molecule has 9 nitrogen and oxygen atoms in total. The van der Waals surface area contributed by atoms with Crippen LogP contribution in [0.5, 0.6) is 6.01 Å². The van der Waals surface area contributed by atoms with E-state index in [4.69, 9.17) is 15.2 Å². The molecule has 1 aromatic carbocycles. The number of carbonyl (C=O) groups excluding carboxylic acids is 1. The summed E-state index contributed by atoms with van der Waals surface area (Å²) in [6.07, 6.45) is 25.8. The van der Waals surface area contributed by atoms with Gasteiger partial charge in [-0.1, -0.05) is 175 Å². The summed E-state index contributed by atoms with van der Waals surface area (Å²) < 4.78 is 10.6. The number of benzene rings is 1. The number of nitrogens with one attached hydrogen (secondary N) is 1. The van der Waals surface area contributed by atoms with Crippen molar-refractivity contribution in [1.82, 2.24) is 14.9 Å². The molecule has 1 amide bonds. The second kappa shape index (κ2) is 31.0. The van der Waals surface area contributed by atoms with Gasteiger partial charge in [0.2, 0.25) is 6.41 Å². The maximum Gasteiger partial charge on any atom is 0.320 e. The van der Waals surface area contributed by atoms with Crippen LogP contribution >= 0.6 is 0 Å². The number of methoxy groups -OCH3 is 1. The van der Waals surface area contributed by atoms with Crippen molar-refractivity contribution in [3.8, 4) is 6.01 Å². The second-order valence-electron chi connectivity index (χ2n) is 19.0. The predicted octanol–water partition coefficient (Wildman–Crippen LogP) is 12.6. The molecule has 0 aliphatic heterocycles. The number of ether oxygens (including phenoxy) is 2. The summed E-state index contributed by atoms with van der Waals surface area (Å²) in [5, 5.41) is 3.02. The predicted molar refractivity (Wildman–Crippen MR) is 252 cm³/mol. The smallest absolute Gasteiger partial charge is 0.320 e. The lowest BCUT2D eigenvalue weighted by Crippen LogP contribution is -2.24. The van der Waals surface area contributed by atoms with Crippen molar-refractivity contribution in [2.24, 2.45) is 35.5 Å². The number of hydrogen-bond donors (Lipinski definition) is 2. The van der Waals surface area contributed by atoms with E-state index in [1.807, 2.05) is 0 Å². The van der Waals surface area contributed by atoms with Crippen LogP contribution in [0.15, 0.2) is 24.3 Å². The van der Waals surface area contributed by atoms with E-state index >= 15 is 0 Å². The van der Waals surface area contributed by atoms with E-state index in [1.165, 1.54) is 126 Å². The summed E-state index contributed by atoms with van der Waals surface area (Å²) in [7, 11) is 5.53. The Balaban J connectivity index is 1.56. The molecular formula is C50H90N6O3. The average Bonchev–Trinajstić information content (AvgIpc) is 3.19. The second-order valence-corrected chi connectivity index (χ2v) is 19.0. The van der Waals surface area contributed by atoms with Gasteiger partial charge in [-0.3, -0.25) is 9.69 Å². The molecule has 0 spiro atoms. The highest BCUT2D eigenvalue weighted by atomic mass is 16.5. The molecule has 2 aromatic rings. The molecule has 0 bridgehead atoms. The number of carbonyl (C=O) groups is 1. The standard InChI is InChI=1S/C50H90N6O3/c1-39(2)18-13-21-42(5)24-14-22-40(3)19-11-12-20-41(4)23-15-25-43(6)26-16-27-44(7)28-17-33-55(9)36-45-29-31-46(32-30-45)37-56(38-57)49-47(52-8)48(51)53-50(54-49)59-35-34-58-10/h29-32,38-44,52H,11-28,33-37H2,1-10H3,(H2,51,53,54). The molecule has 0 aliphatic rings. The fourth-order valence-electron chi connectivity index (χ4n) is 8.41. The van der Waals surface area contributed by atoms with E-state index in [2.05, 4.69) is 100.0 Å². The Bertz CT molecular complexity index is 1360. The van der Waals surface area contributed by atoms with E-state index in [0.717, 1.165) is 60.6 Å². The average molecular weight is 823 g/mol. The van der Waals surface area contributed by atoms with Gasteiger partial charge in [-0.15, -0.1) is 0 Å². The number of aromatic nitrogens is 2. The van der Waals surface area contributed by atoms with Crippen molar-refractivity contribution < 1.29 is 14.3 Å². The van der Waals surface area contributed by atoms with E-state index in [1.54, 1.807) is 14.2 Å². The summed E-state index contributed by atoms with van der Waals surface area (Å²) in [6, 6.07) is 8.54. The molecule has 59 heavy (non-hydrogen) atoms. The topological polar surface area (TPSA) is 106 Å². The first kappa shape index (κ1) is 52.2. The number of anilines is 3. The third-order valence-corrected chi connectivity index (χ3v) is 12.4. The minimum atomic E-state index is 0.105. The van der Waals surface area contributed by atoms with Crippen molar-refractivity contribution in [2.75, 3.05) is 56.9 Å². The molecule has 5 unspecified atom stereocenters. The van der Waals surface area contributed by atoms with Gasteiger partial charge in [0.05, 0.1) is 13.2 Å². The van der Waals surface area contributed by atoms with Crippen molar-refractivity contribution >= 4 is 23.7 Å². The quantitative estimate of drug-likeness (QED) is 0.0517. The summed E-state index contributed by atoms with van der Waals surface area (Å²) >= 11 is 0. The zero-order chi connectivity index (χ0) is 43.4. The molecule has 0 saturated carbocycles. The van der Waals surface area contributed by atoms with E-state index in [9.17, 15) is 4.79 Å². The SMILES string of the molecule is CNc1c(N)nc(OCCOC)nc1N(C=O)Cc1ccc(CN(C)CCCC(C)CCCC(C)CCCC(C)CCCCC(C)CCCC(C)CCCC(C)C)cc1. The molecule has 9 heteroatoms. The highest BCUT2D eigenvalue weighted by molar-refractivity contribution is 5.85. The zero-order valence-corrected chi connectivity index (χ0v) is 39.7. The normalized spacial score (nSPS) is 14.3. The van der Waals surface area contributed by atoms with Gasteiger partial charge in [0.15, 0.2) is 11.6 Å². The number of nitrogens with zero attached hydrogens (tertiary/aromatic N) is 4. The van der Waals surface area contributed by atoms with Crippen LogP contribution in [-0.2, 0) is 22.6 Å². The summed E-state index contributed by atoms with van der Waals surface area (Å²) in [4.78, 5) is 24.8. The molecule has 0 aliphatic carbocycles. The number of unbranched alkanes of at least 4 members (excludes halogenated alkanes) is 1. The van der Waals surface area contributed by atoms with Crippen molar-refractivity contribution in [3.05, 3.63) is 35.4 Å². The molecule has 0 saturated heterocycles. The molecule has 2 rings (SSSR count). The monoisotopic (exact) mass is 823 g/mol. The highest BCUT2D eigenvalue weighted by Gasteiger charge is 2.19. The molecule has 338 valence electrons. The van der Waals surface area contributed by atoms with Crippen LogP contribution in [0.1, 0.15) is 175 Å². The molecule has 0 fully saturated rings. The first-order chi connectivity index (χ1) is 28.3. The Kier molecular flexibility index (Phi) is 27.5. The summed E-state index contributed by atoms with van der Waals surface area (Å²) in [5.74, 6) is 5.76. The Morgan fingerprint density at radius 3 is 1.53 bits per heavy atom. The molecule has 1 heterocycles. The molecular weight excluding hydrogens is 733 g/mol. The maximum atomic E-state index is 12.2. The Hall–Kier alpha value is -2.91. The fourth-order valence-corrected chi connectivity index (χ4v) is 8.41. The van der Waals surface area contributed by atoms with Crippen molar-refractivity contribution in [2.45, 2.75) is 177 Å². The summed E-state index contributed by atoms with van der Waals surface area (Å²) in [5.41, 5.74) is 8.89. The van der Waals surface area contributed by atoms with Crippen LogP contribution in [0.2, 0.25) is 0 Å². The van der Waals surface area contributed by atoms with Gasteiger partial charge in [-0.25, -0.2) is 0 Å². The van der Waals surface area contributed by atoms with Gasteiger partial charge in [-0.05, 0) is 73.1 Å². The Morgan fingerprint density at radius 1 is 0.644 bits per heavy atom. The van der Waals surface area contributed by atoms with Crippen LogP contribution in [0, 0.1) is 35.5 Å². The third kappa shape index (κ3) is 23.6. The fraction of sp³-hybridized carbons (Fsp3) is 0.780. The zero-order valence-electron chi connectivity index (χ0n) is 39.7. The Labute approximate surface area is 362 Å². The molecule has 1 aromatic heterocycles. The largest absolute Gasteiger partial charge is 0.461 e. The highest BCUT2D eigenvalue weighted by Crippen LogP contribution is 2.31. The minimum Gasteiger partial charge on any atom is -0.461 e. The number of nitrogens with two attached hydrogens (primary N) is 1. The number of nitrogen functional groups attached to an aromatic ring is 1. The van der Waals surface area contributed by atoms with Crippen molar-refractivity contribution in [3.63, 3.8) is 0 Å². The number of hydrogen-bond acceptors (Lipinski definition) is 8.